The quantitative estimate of drug-likeness (QED) is 0.0733. The number of hydrogen-bond acceptors (Lipinski definition) is 12. The second kappa shape index (κ2) is 22.6. The van der Waals surface area contributed by atoms with Crippen LogP contribution in [0.3, 0.4) is 0 Å². The second-order valence-electron chi connectivity index (χ2n) is 26.3. The third-order valence-corrected chi connectivity index (χ3v) is 21.7. The Morgan fingerprint density at radius 2 is 0.500 bits per heavy atom. The first-order valence-electron chi connectivity index (χ1n) is 28.3. The van der Waals surface area contributed by atoms with Crippen LogP contribution in [-0.4, -0.2) is 92.0 Å². The molecule has 0 spiro atoms. The number of rotatable bonds is 10. The van der Waals surface area contributed by atoms with Crippen LogP contribution >= 0.6 is 15.8 Å². The van der Waals surface area contributed by atoms with Gasteiger partial charge in [-0.1, -0.05) is 121 Å². The number of hydrogen-bond donors (Lipinski definition) is 0. The van der Waals surface area contributed by atoms with Gasteiger partial charge >= 0.3 is 23.9 Å². The fourth-order valence-corrected chi connectivity index (χ4v) is 18.5. The molecule has 4 amide bonds. The SMILES string of the molecule is Cc1ccccc1[C@H]1N2C(=O)[C@H](OC(=O)C(C)(C)C)[C@@H](OC(=O)C(C)(C)C)C(=O)N2[C@H](c2ccccc2C)P1c1ccccc1[P@@]1[C@@H](c2ccccc2C)N2C(=O)C(OC(=O)C(C)(C)C)[C@@H](OC(=O)C(C)(C)C)C(=O)N2[C@@H]1c1ccccc1C. The molecular weight excluding hydrogens is 1100 g/mol. The van der Waals surface area contributed by atoms with E-state index in [0.717, 1.165) is 22.3 Å². The molecule has 84 heavy (non-hydrogen) atoms. The summed E-state index contributed by atoms with van der Waals surface area (Å²) in [7, 11) is -4.04. The van der Waals surface area contributed by atoms with Crippen molar-refractivity contribution in [1.82, 2.24) is 20.0 Å². The van der Waals surface area contributed by atoms with Crippen LogP contribution in [0, 0.1) is 49.4 Å². The number of ether oxygens (including phenoxy) is 4. The Balaban J connectivity index is 1.37. The lowest BCUT2D eigenvalue weighted by Gasteiger charge is -2.44. The zero-order valence-corrected chi connectivity index (χ0v) is 52.5. The van der Waals surface area contributed by atoms with E-state index in [1.165, 1.54) is 20.0 Å². The third kappa shape index (κ3) is 11.0. The number of hydrazine groups is 2. The Morgan fingerprint density at radius 1 is 0.321 bits per heavy atom. The normalized spacial score (nSPS) is 24.0. The van der Waals surface area contributed by atoms with E-state index in [9.17, 15) is 19.2 Å². The van der Waals surface area contributed by atoms with E-state index in [1.807, 2.05) is 149 Å². The summed E-state index contributed by atoms with van der Waals surface area (Å²) >= 11 is 0. The molecule has 4 aliphatic rings. The molecule has 0 radical (unpaired) electrons. The Morgan fingerprint density at radius 3 is 0.679 bits per heavy atom. The van der Waals surface area contributed by atoms with Gasteiger partial charge in [0.1, 0.15) is 23.1 Å². The van der Waals surface area contributed by atoms with E-state index in [0.29, 0.717) is 32.9 Å². The minimum atomic E-state index is -2.02. The molecule has 1 unspecified atom stereocenters. The van der Waals surface area contributed by atoms with E-state index >= 15 is 19.2 Å². The van der Waals surface area contributed by atoms with E-state index in [-0.39, 0.29) is 0 Å². The van der Waals surface area contributed by atoms with Crippen LogP contribution in [0.5, 0.6) is 0 Å². The number of carbonyl (C=O) groups excluding carboxylic acids is 8. The lowest BCUT2D eigenvalue weighted by Crippen LogP contribution is -2.65. The minimum absolute atomic E-state index is 0.690. The average molecular weight is 1180 g/mol. The lowest BCUT2D eigenvalue weighted by atomic mass is 9.96. The van der Waals surface area contributed by atoms with Gasteiger partial charge in [-0.3, -0.25) is 38.4 Å². The molecule has 0 N–H and O–H groups in total. The summed E-state index contributed by atoms with van der Waals surface area (Å²) in [6.07, 6.45) is -7.56. The fourth-order valence-electron chi connectivity index (χ4n) is 10.8. The molecular formula is C66H76N4O12P2. The molecule has 4 fully saturated rings. The summed E-state index contributed by atoms with van der Waals surface area (Å²) < 4.78 is 24.6. The molecule has 0 bridgehead atoms. The zero-order valence-electron chi connectivity index (χ0n) is 50.7. The zero-order chi connectivity index (χ0) is 61.4. The number of nitrogens with zero attached hydrogens (tertiary/aromatic N) is 4. The maximum Gasteiger partial charge on any atom is 0.312 e. The van der Waals surface area contributed by atoms with E-state index in [4.69, 9.17) is 18.9 Å². The number of aryl methyl sites for hydroxylation is 4. The highest BCUT2D eigenvalue weighted by molar-refractivity contribution is 7.73. The van der Waals surface area contributed by atoms with E-state index < -0.39 is 133 Å². The monoisotopic (exact) mass is 1180 g/mol. The van der Waals surface area contributed by atoms with Crippen molar-refractivity contribution in [2.24, 2.45) is 21.7 Å². The van der Waals surface area contributed by atoms with Gasteiger partial charge in [0.2, 0.25) is 24.4 Å². The van der Waals surface area contributed by atoms with Crippen molar-refractivity contribution in [3.8, 4) is 0 Å². The first-order valence-corrected chi connectivity index (χ1v) is 31.3. The van der Waals surface area contributed by atoms with Crippen LogP contribution in [-0.2, 0) is 57.3 Å². The number of fused-ring (bicyclic) bond motifs is 2. The molecule has 4 saturated heterocycles. The van der Waals surface area contributed by atoms with Crippen LogP contribution in [0.25, 0.3) is 0 Å². The van der Waals surface area contributed by atoms with Crippen molar-refractivity contribution in [2.75, 3.05) is 0 Å². The Hall–Kier alpha value is -7.28. The fraction of sp³-hybridized carbons (Fsp3) is 0.424. The largest absolute Gasteiger partial charge is 0.447 e. The van der Waals surface area contributed by atoms with Gasteiger partial charge in [-0.05, 0) is 182 Å². The van der Waals surface area contributed by atoms with Crippen LogP contribution in [0.15, 0.2) is 121 Å². The molecule has 4 aliphatic heterocycles. The number of esters is 4. The first-order chi connectivity index (χ1) is 39.3. The summed E-state index contributed by atoms with van der Waals surface area (Å²) in [6, 6.07) is 38.2. The Labute approximate surface area is 494 Å². The van der Waals surface area contributed by atoms with Gasteiger partial charge in [0.25, 0.3) is 23.6 Å². The van der Waals surface area contributed by atoms with E-state index in [1.54, 1.807) is 83.1 Å². The lowest BCUT2D eigenvalue weighted by molar-refractivity contribution is -0.212. The number of carbonyl (C=O) groups is 8. The highest BCUT2D eigenvalue weighted by atomic mass is 31.1. The van der Waals surface area contributed by atoms with Gasteiger partial charge in [0.15, 0.2) is 0 Å². The highest BCUT2D eigenvalue weighted by Gasteiger charge is 2.66. The maximum absolute atomic E-state index is 16.2. The topological polar surface area (TPSA) is 186 Å². The van der Waals surface area contributed by atoms with Crippen LogP contribution in [0.4, 0.5) is 0 Å². The van der Waals surface area contributed by atoms with Crippen molar-refractivity contribution in [1.29, 1.82) is 0 Å². The Kier molecular flexibility index (Phi) is 16.5. The van der Waals surface area contributed by atoms with Crippen molar-refractivity contribution in [2.45, 2.75) is 158 Å². The molecule has 0 aliphatic carbocycles. The molecule has 18 heteroatoms. The third-order valence-electron chi connectivity index (χ3n) is 15.6. The molecule has 0 aromatic heterocycles. The summed E-state index contributed by atoms with van der Waals surface area (Å²) in [5.41, 5.74) is 1.33. The predicted octanol–water partition coefficient (Wildman–Crippen LogP) is 11.0. The van der Waals surface area contributed by atoms with Crippen LogP contribution in [0.1, 0.15) is 151 Å². The second-order valence-corrected chi connectivity index (χ2v) is 30.8. The van der Waals surface area contributed by atoms with Gasteiger partial charge in [-0.15, -0.1) is 0 Å². The average Bonchev–Trinajstić information content (AvgIpc) is 1.58. The van der Waals surface area contributed by atoms with Gasteiger partial charge in [-0.25, -0.2) is 20.0 Å². The van der Waals surface area contributed by atoms with Crippen molar-refractivity contribution in [3.05, 3.63) is 166 Å². The molecule has 16 nitrogen and oxygen atoms in total. The summed E-state index contributed by atoms with van der Waals surface area (Å²) in [5, 5.41) is 7.13. The smallest absolute Gasteiger partial charge is 0.312 e. The summed E-state index contributed by atoms with van der Waals surface area (Å²) in [5.74, 6) is -10.2. The molecule has 5 aromatic carbocycles. The molecule has 4 heterocycles. The predicted molar refractivity (Wildman–Crippen MR) is 320 cm³/mol. The van der Waals surface area contributed by atoms with Gasteiger partial charge in [0, 0.05) is 0 Å². The van der Waals surface area contributed by atoms with Gasteiger partial charge < -0.3 is 18.9 Å². The molecule has 5 aromatic rings. The Bertz CT molecular complexity index is 3050. The van der Waals surface area contributed by atoms with Gasteiger partial charge in [0.05, 0.1) is 21.7 Å². The van der Waals surface area contributed by atoms with Crippen molar-refractivity contribution >= 4 is 74.0 Å². The highest BCUT2D eigenvalue weighted by Crippen LogP contribution is 2.74. The molecule has 442 valence electrons. The first kappa shape index (κ1) is 61.3. The number of benzene rings is 5. The molecule has 0 saturated carbocycles. The van der Waals surface area contributed by atoms with Gasteiger partial charge in [-0.2, -0.15) is 0 Å². The maximum atomic E-state index is 16.2. The van der Waals surface area contributed by atoms with E-state index in [2.05, 4.69) is 0 Å². The van der Waals surface area contributed by atoms with Crippen LogP contribution < -0.4 is 10.6 Å². The molecule has 9 rings (SSSR count). The van der Waals surface area contributed by atoms with Crippen molar-refractivity contribution in [3.63, 3.8) is 0 Å². The summed E-state index contributed by atoms with van der Waals surface area (Å²) in [6.45, 7) is 27.3. The van der Waals surface area contributed by atoms with Crippen LogP contribution in [0.2, 0.25) is 0 Å². The number of amides is 4. The summed E-state index contributed by atoms with van der Waals surface area (Å²) in [4.78, 5) is 121. The molecule has 9 atom stereocenters. The van der Waals surface area contributed by atoms with Crippen molar-refractivity contribution < 1.29 is 57.3 Å². The standard InChI is InChI=1S/C66H76N4O12P2/c1-37-27-17-21-31-41(37)55-67-51(71)47(79-59(75)63(5,6)7)48(80-60(76)64(8,9)10)52(72)68(67)56(42-32-22-18-28-38(42)2)83(55)45-35-25-26-36-46(45)84-57(43-33-23-19-29-39(43)3)69-53(73)49(81-61(77)65(11,12)13)50(82-62(78)66(14,15)16)54(74)70(69)58(84)44-34-24-20-30-40(44)4/h17-36,47-50,55-58H,1-16H3/t47-,48-,49-,50?,55+,56+,57+,58+,84-/m1/s1. The minimum Gasteiger partial charge on any atom is -0.447 e.